The van der Waals surface area contributed by atoms with E-state index < -0.39 is 5.97 Å². The first-order valence-electron chi connectivity index (χ1n) is 6.41. The molecule has 1 rings (SSSR count). The summed E-state index contributed by atoms with van der Waals surface area (Å²) in [5.41, 5.74) is 0.227. The molecule has 1 heterocycles. The highest BCUT2D eigenvalue weighted by molar-refractivity contribution is 7.98. The zero-order valence-corrected chi connectivity index (χ0v) is 12.3. The van der Waals surface area contributed by atoms with Gasteiger partial charge in [0.15, 0.2) is 5.69 Å². The summed E-state index contributed by atoms with van der Waals surface area (Å²) in [7, 11) is 1.33. The fourth-order valence-electron chi connectivity index (χ4n) is 1.57. The minimum atomic E-state index is -0.465. The van der Waals surface area contributed by atoms with Gasteiger partial charge >= 0.3 is 5.97 Å². The Morgan fingerprint density at radius 1 is 1.26 bits per heavy atom. The van der Waals surface area contributed by atoms with E-state index in [2.05, 4.69) is 26.3 Å². The summed E-state index contributed by atoms with van der Waals surface area (Å²) >= 11 is 1.90. The number of nitrogens with one attached hydrogen (secondary N) is 1. The first kappa shape index (κ1) is 15.8. The molecule has 0 spiro atoms. The zero-order valence-electron chi connectivity index (χ0n) is 11.5. The number of anilines is 1. The lowest BCUT2D eigenvalue weighted by atomic mass is 10.2. The van der Waals surface area contributed by atoms with Crippen molar-refractivity contribution >= 4 is 23.5 Å². The topological polar surface area (TPSA) is 64.1 Å². The number of hydrogen-bond donors (Lipinski definition) is 1. The van der Waals surface area contributed by atoms with Crippen molar-refractivity contribution in [2.24, 2.45) is 0 Å². The average Bonchev–Trinajstić information content (AvgIpc) is 2.46. The number of aromatic nitrogens is 2. The van der Waals surface area contributed by atoms with Crippen LogP contribution in [-0.2, 0) is 4.74 Å². The Labute approximate surface area is 118 Å². The molecule has 0 bridgehead atoms. The van der Waals surface area contributed by atoms with Crippen LogP contribution in [0.4, 0.5) is 5.82 Å². The molecule has 1 N–H and O–H groups in total. The van der Waals surface area contributed by atoms with Gasteiger partial charge in [-0.3, -0.25) is 0 Å². The molecule has 1 aromatic rings. The molecule has 0 aromatic carbocycles. The summed E-state index contributed by atoms with van der Waals surface area (Å²) < 4.78 is 4.56. The summed E-state index contributed by atoms with van der Waals surface area (Å²) in [6.45, 7) is 0.880. The average molecular weight is 283 g/mol. The Kier molecular flexibility index (Phi) is 7.97. The van der Waals surface area contributed by atoms with Crippen molar-refractivity contribution in [2.45, 2.75) is 25.7 Å². The van der Waals surface area contributed by atoms with Gasteiger partial charge < -0.3 is 10.1 Å². The van der Waals surface area contributed by atoms with E-state index in [4.69, 9.17) is 0 Å². The standard InChI is InChI=1S/C13H21N3O2S/c1-18-13(17)11-9-16-12(10-15-11)14-7-5-3-4-6-8-19-2/h9-10H,3-8H2,1-2H3,(H,14,16). The van der Waals surface area contributed by atoms with Crippen LogP contribution in [0.5, 0.6) is 0 Å². The molecule has 106 valence electrons. The van der Waals surface area contributed by atoms with Gasteiger partial charge in [-0.1, -0.05) is 12.8 Å². The Balaban J connectivity index is 2.18. The predicted molar refractivity (Wildman–Crippen MR) is 78.7 cm³/mol. The molecule has 0 fully saturated rings. The van der Waals surface area contributed by atoms with Crippen LogP contribution >= 0.6 is 11.8 Å². The SMILES string of the molecule is COC(=O)c1cnc(NCCCCCCSC)cn1. The van der Waals surface area contributed by atoms with Gasteiger partial charge in [-0.2, -0.15) is 11.8 Å². The lowest BCUT2D eigenvalue weighted by Gasteiger charge is -2.05. The van der Waals surface area contributed by atoms with Crippen molar-refractivity contribution in [3.05, 3.63) is 18.1 Å². The maximum Gasteiger partial charge on any atom is 0.358 e. The van der Waals surface area contributed by atoms with E-state index in [0.717, 1.165) is 13.0 Å². The number of unbranched alkanes of at least 4 members (excludes halogenated alkanes) is 3. The highest BCUT2D eigenvalue weighted by Crippen LogP contribution is 2.06. The molecule has 0 atom stereocenters. The van der Waals surface area contributed by atoms with Crippen LogP contribution in [0.3, 0.4) is 0 Å². The summed E-state index contributed by atoms with van der Waals surface area (Å²) in [6.07, 6.45) is 10.0. The van der Waals surface area contributed by atoms with Gasteiger partial charge in [0.1, 0.15) is 5.82 Å². The number of nitrogens with zero attached hydrogens (tertiary/aromatic N) is 2. The zero-order chi connectivity index (χ0) is 13.9. The Hall–Kier alpha value is -1.30. The highest BCUT2D eigenvalue weighted by atomic mass is 32.2. The lowest BCUT2D eigenvalue weighted by molar-refractivity contribution is 0.0593. The molecule has 5 nitrogen and oxygen atoms in total. The Morgan fingerprint density at radius 2 is 2.05 bits per heavy atom. The molecular formula is C13H21N3O2S. The van der Waals surface area contributed by atoms with E-state index >= 15 is 0 Å². The van der Waals surface area contributed by atoms with E-state index in [1.165, 1.54) is 38.3 Å². The van der Waals surface area contributed by atoms with E-state index in [1.807, 2.05) is 11.8 Å². The number of carbonyl (C=O) groups excluding carboxylic acids is 1. The van der Waals surface area contributed by atoms with Crippen molar-refractivity contribution in [1.82, 2.24) is 9.97 Å². The molecule has 0 saturated heterocycles. The van der Waals surface area contributed by atoms with Crippen molar-refractivity contribution < 1.29 is 9.53 Å². The third-order valence-corrected chi connectivity index (χ3v) is 3.32. The Morgan fingerprint density at radius 3 is 2.68 bits per heavy atom. The number of esters is 1. The smallest absolute Gasteiger partial charge is 0.358 e. The summed E-state index contributed by atoms with van der Waals surface area (Å²) in [5.74, 6) is 1.47. The maximum absolute atomic E-state index is 11.2. The second kappa shape index (κ2) is 9.61. The number of hydrogen-bond acceptors (Lipinski definition) is 6. The van der Waals surface area contributed by atoms with Gasteiger partial charge in [0.05, 0.1) is 19.5 Å². The fraction of sp³-hybridized carbons (Fsp3) is 0.615. The molecule has 1 aromatic heterocycles. The molecule has 0 aliphatic heterocycles. The molecular weight excluding hydrogens is 262 g/mol. The van der Waals surface area contributed by atoms with Crippen LogP contribution in [0.1, 0.15) is 36.2 Å². The number of methoxy groups -OCH3 is 1. The van der Waals surface area contributed by atoms with Gasteiger partial charge in [-0.25, -0.2) is 14.8 Å². The first-order valence-corrected chi connectivity index (χ1v) is 7.80. The normalized spacial score (nSPS) is 10.2. The van der Waals surface area contributed by atoms with Crippen LogP contribution in [-0.4, -0.2) is 41.6 Å². The molecule has 0 saturated carbocycles. The third-order valence-electron chi connectivity index (χ3n) is 2.63. The van der Waals surface area contributed by atoms with Crippen LogP contribution < -0.4 is 5.32 Å². The fourth-order valence-corrected chi connectivity index (χ4v) is 2.06. The number of carbonyl (C=O) groups is 1. The summed E-state index contributed by atoms with van der Waals surface area (Å²) in [5, 5.41) is 3.19. The minimum absolute atomic E-state index is 0.227. The lowest BCUT2D eigenvalue weighted by Crippen LogP contribution is -2.08. The number of rotatable bonds is 9. The van der Waals surface area contributed by atoms with Gasteiger partial charge in [0.2, 0.25) is 0 Å². The van der Waals surface area contributed by atoms with Crippen LogP contribution in [0.2, 0.25) is 0 Å². The third kappa shape index (κ3) is 6.42. The largest absolute Gasteiger partial charge is 0.464 e. The van der Waals surface area contributed by atoms with Crippen LogP contribution in [0.15, 0.2) is 12.4 Å². The van der Waals surface area contributed by atoms with Gasteiger partial charge in [-0.05, 0) is 24.9 Å². The molecule has 19 heavy (non-hydrogen) atoms. The van der Waals surface area contributed by atoms with Gasteiger partial charge in [-0.15, -0.1) is 0 Å². The second-order valence-corrected chi connectivity index (χ2v) is 5.10. The van der Waals surface area contributed by atoms with Crippen LogP contribution in [0, 0.1) is 0 Å². The molecule has 0 aliphatic rings. The second-order valence-electron chi connectivity index (χ2n) is 4.11. The van der Waals surface area contributed by atoms with E-state index in [-0.39, 0.29) is 5.69 Å². The van der Waals surface area contributed by atoms with E-state index in [1.54, 1.807) is 6.20 Å². The van der Waals surface area contributed by atoms with Crippen molar-refractivity contribution in [3.63, 3.8) is 0 Å². The highest BCUT2D eigenvalue weighted by Gasteiger charge is 2.06. The van der Waals surface area contributed by atoms with Gasteiger partial charge in [0, 0.05) is 6.54 Å². The number of thioether (sulfide) groups is 1. The monoisotopic (exact) mass is 283 g/mol. The molecule has 6 heteroatoms. The molecule has 0 unspecified atom stereocenters. The van der Waals surface area contributed by atoms with Crippen molar-refractivity contribution in [2.75, 3.05) is 31.0 Å². The van der Waals surface area contributed by atoms with Gasteiger partial charge in [0.25, 0.3) is 0 Å². The van der Waals surface area contributed by atoms with Crippen LogP contribution in [0.25, 0.3) is 0 Å². The number of ether oxygens (including phenoxy) is 1. The Bertz CT molecular complexity index is 371. The molecule has 0 amide bonds. The summed E-state index contributed by atoms with van der Waals surface area (Å²) in [6, 6.07) is 0. The van der Waals surface area contributed by atoms with Crippen molar-refractivity contribution in [1.29, 1.82) is 0 Å². The predicted octanol–water partition coefficient (Wildman–Crippen LogP) is 2.60. The minimum Gasteiger partial charge on any atom is -0.464 e. The molecule has 0 aliphatic carbocycles. The molecule has 0 radical (unpaired) electrons. The summed E-state index contributed by atoms with van der Waals surface area (Å²) in [4.78, 5) is 19.3. The van der Waals surface area contributed by atoms with E-state index in [0.29, 0.717) is 5.82 Å². The van der Waals surface area contributed by atoms with Crippen molar-refractivity contribution in [3.8, 4) is 0 Å². The first-order chi connectivity index (χ1) is 9.27. The quantitative estimate of drug-likeness (QED) is 0.555. The maximum atomic E-state index is 11.2. The van der Waals surface area contributed by atoms with E-state index in [9.17, 15) is 4.79 Å².